The van der Waals surface area contributed by atoms with Crippen LogP contribution in [-0.2, 0) is 0 Å². The third-order valence-electron chi connectivity index (χ3n) is 2.59. The van der Waals surface area contributed by atoms with Crippen LogP contribution in [0, 0.1) is 5.92 Å². The Morgan fingerprint density at radius 1 is 1.00 bits per heavy atom. The average molecular weight is 226 g/mol. The molecule has 1 atom stereocenters. The van der Waals surface area contributed by atoms with Gasteiger partial charge in [-0.05, 0) is 6.42 Å². The standard InChI is InChI=1S/C11H21F3O/c1-2-3-4-5-6-7-8-10(9-15)11(12,13)14/h10,15H,2-9H2,1H3. The van der Waals surface area contributed by atoms with E-state index in [1.807, 2.05) is 0 Å². The maximum Gasteiger partial charge on any atom is 0.394 e. The first-order valence-corrected chi connectivity index (χ1v) is 5.70. The highest BCUT2D eigenvalue weighted by atomic mass is 19.4. The summed E-state index contributed by atoms with van der Waals surface area (Å²) in [6.07, 6.45) is 1.63. The zero-order valence-corrected chi connectivity index (χ0v) is 9.32. The summed E-state index contributed by atoms with van der Waals surface area (Å²) in [4.78, 5) is 0. The second-order valence-electron chi connectivity index (χ2n) is 3.98. The molecule has 1 nitrogen and oxygen atoms in total. The molecule has 4 heteroatoms. The second-order valence-corrected chi connectivity index (χ2v) is 3.98. The Kier molecular flexibility index (Phi) is 7.83. The van der Waals surface area contributed by atoms with E-state index in [0.29, 0.717) is 6.42 Å². The lowest BCUT2D eigenvalue weighted by atomic mass is 10.0. The van der Waals surface area contributed by atoms with Gasteiger partial charge in [0, 0.05) is 0 Å². The van der Waals surface area contributed by atoms with Gasteiger partial charge in [0.2, 0.25) is 0 Å². The highest BCUT2D eigenvalue weighted by molar-refractivity contribution is 4.66. The van der Waals surface area contributed by atoms with Crippen LogP contribution in [0.2, 0.25) is 0 Å². The number of hydrogen-bond acceptors (Lipinski definition) is 1. The van der Waals surface area contributed by atoms with E-state index >= 15 is 0 Å². The Bertz CT molecular complexity index is 145. The van der Waals surface area contributed by atoms with Gasteiger partial charge in [-0.3, -0.25) is 0 Å². The molecule has 0 aliphatic carbocycles. The van der Waals surface area contributed by atoms with Gasteiger partial charge in [-0.1, -0.05) is 45.4 Å². The number of hydrogen-bond donors (Lipinski definition) is 1. The Balaban J connectivity index is 3.48. The van der Waals surface area contributed by atoms with Crippen LogP contribution in [0.1, 0.15) is 51.9 Å². The Labute approximate surface area is 89.7 Å². The second kappa shape index (κ2) is 7.97. The van der Waals surface area contributed by atoms with E-state index in [2.05, 4.69) is 6.92 Å². The van der Waals surface area contributed by atoms with Crippen molar-refractivity contribution in [3.8, 4) is 0 Å². The highest BCUT2D eigenvalue weighted by Crippen LogP contribution is 2.29. The van der Waals surface area contributed by atoms with Crippen molar-refractivity contribution in [2.45, 2.75) is 58.0 Å². The first-order chi connectivity index (χ1) is 7.02. The molecule has 0 aromatic rings. The molecule has 0 aromatic carbocycles. The number of alkyl halides is 3. The largest absolute Gasteiger partial charge is 0.396 e. The molecule has 0 heterocycles. The van der Waals surface area contributed by atoms with Crippen LogP contribution >= 0.6 is 0 Å². The van der Waals surface area contributed by atoms with Crippen LogP contribution in [0.4, 0.5) is 13.2 Å². The monoisotopic (exact) mass is 226 g/mol. The minimum atomic E-state index is -4.24. The first kappa shape index (κ1) is 14.8. The fourth-order valence-corrected chi connectivity index (χ4v) is 1.53. The van der Waals surface area contributed by atoms with E-state index in [9.17, 15) is 13.2 Å². The molecule has 0 saturated heterocycles. The van der Waals surface area contributed by atoms with E-state index < -0.39 is 18.7 Å². The molecular formula is C11H21F3O. The maximum absolute atomic E-state index is 12.2. The molecule has 0 spiro atoms. The van der Waals surface area contributed by atoms with Gasteiger partial charge in [-0.2, -0.15) is 13.2 Å². The topological polar surface area (TPSA) is 20.2 Å². The third-order valence-corrected chi connectivity index (χ3v) is 2.59. The fourth-order valence-electron chi connectivity index (χ4n) is 1.53. The Hall–Kier alpha value is -0.250. The molecule has 0 aliphatic rings. The summed E-state index contributed by atoms with van der Waals surface area (Å²) in [5.74, 6) is -1.52. The van der Waals surface area contributed by atoms with Crippen LogP contribution in [0.15, 0.2) is 0 Å². The predicted molar refractivity (Wildman–Crippen MR) is 54.6 cm³/mol. The molecule has 0 fully saturated rings. The normalized spacial score (nSPS) is 14.2. The van der Waals surface area contributed by atoms with Crippen molar-refractivity contribution < 1.29 is 18.3 Å². The minimum Gasteiger partial charge on any atom is -0.396 e. The third kappa shape index (κ3) is 7.65. The zero-order valence-electron chi connectivity index (χ0n) is 9.32. The lowest BCUT2D eigenvalue weighted by Gasteiger charge is -2.17. The van der Waals surface area contributed by atoms with E-state index in [4.69, 9.17) is 5.11 Å². The average Bonchev–Trinajstić information content (AvgIpc) is 2.15. The van der Waals surface area contributed by atoms with Gasteiger partial charge in [0.1, 0.15) is 0 Å². The summed E-state index contributed by atoms with van der Waals surface area (Å²) in [6.45, 7) is 1.32. The van der Waals surface area contributed by atoms with Crippen LogP contribution in [0.3, 0.4) is 0 Å². The molecule has 0 saturated carbocycles. The van der Waals surface area contributed by atoms with Crippen molar-refractivity contribution in [3.05, 3.63) is 0 Å². The molecule has 92 valence electrons. The van der Waals surface area contributed by atoms with Gasteiger partial charge in [-0.25, -0.2) is 0 Å². The summed E-state index contributed by atoms with van der Waals surface area (Å²) < 4.78 is 36.6. The lowest BCUT2D eigenvalue weighted by Crippen LogP contribution is -2.26. The fraction of sp³-hybridized carbons (Fsp3) is 1.00. The van der Waals surface area contributed by atoms with E-state index in [1.165, 1.54) is 0 Å². The quantitative estimate of drug-likeness (QED) is 0.622. The van der Waals surface area contributed by atoms with Crippen molar-refractivity contribution in [1.29, 1.82) is 0 Å². The number of rotatable bonds is 8. The molecule has 0 radical (unpaired) electrons. The molecular weight excluding hydrogens is 205 g/mol. The van der Waals surface area contributed by atoms with Gasteiger partial charge in [-0.15, -0.1) is 0 Å². The molecule has 0 bridgehead atoms. The molecule has 15 heavy (non-hydrogen) atoms. The molecule has 0 amide bonds. The maximum atomic E-state index is 12.2. The minimum absolute atomic E-state index is 0.0616. The Morgan fingerprint density at radius 3 is 2.00 bits per heavy atom. The number of aliphatic hydroxyl groups excluding tert-OH is 1. The van der Waals surface area contributed by atoms with Gasteiger partial charge >= 0.3 is 6.18 Å². The van der Waals surface area contributed by atoms with Crippen LogP contribution < -0.4 is 0 Å². The Morgan fingerprint density at radius 2 is 1.53 bits per heavy atom. The van der Waals surface area contributed by atoms with Crippen molar-refractivity contribution in [2.24, 2.45) is 5.92 Å². The zero-order chi connectivity index (χ0) is 11.7. The SMILES string of the molecule is CCCCCCCCC(CO)C(F)(F)F. The van der Waals surface area contributed by atoms with Crippen LogP contribution in [0.25, 0.3) is 0 Å². The van der Waals surface area contributed by atoms with E-state index in [0.717, 1.165) is 32.1 Å². The van der Waals surface area contributed by atoms with Crippen LogP contribution in [0.5, 0.6) is 0 Å². The van der Waals surface area contributed by atoms with Gasteiger partial charge < -0.3 is 5.11 Å². The van der Waals surface area contributed by atoms with Crippen molar-refractivity contribution in [2.75, 3.05) is 6.61 Å². The smallest absolute Gasteiger partial charge is 0.394 e. The molecule has 1 N–H and O–H groups in total. The summed E-state index contributed by atoms with van der Waals surface area (Å²) in [6, 6.07) is 0. The predicted octanol–water partition coefficient (Wildman–Crippen LogP) is 3.91. The van der Waals surface area contributed by atoms with Gasteiger partial charge in [0.15, 0.2) is 0 Å². The van der Waals surface area contributed by atoms with Gasteiger partial charge in [0.05, 0.1) is 12.5 Å². The number of halogens is 3. The number of unbranched alkanes of at least 4 members (excludes halogenated alkanes) is 5. The highest BCUT2D eigenvalue weighted by Gasteiger charge is 2.38. The summed E-state index contributed by atoms with van der Waals surface area (Å²) in [5.41, 5.74) is 0. The molecule has 0 aromatic heterocycles. The van der Waals surface area contributed by atoms with Crippen molar-refractivity contribution in [1.82, 2.24) is 0 Å². The molecule has 0 aliphatic heterocycles. The molecule has 0 rings (SSSR count). The first-order valence-electron chi connectivity index (χ1n) is 5.70. The van der Waals surface area contributed by atoms with Crippen molar-refractivity contribution in [3.63, 3.8) is 0 Å². The van der Waals surface area contributed by atoms with E-state index in [-0.39, 0.29) is 6.42 Å². The van der Waals surface area contributed by atoms with E-state index in [1.54, 1.807) is 0 Å². The van der Waals surface area contributed by atoms with Gasteiger partial charge in [0.25, 0.3) is 0 Å². The lowest BCUT2D eigenvalue weighted by molar-refractivity contribution is -0.185. The summed E-state index contributed by atoms with van der Waals surface area (Å²) >= 11 is 0. The summed E-state index contributed by atoms with van der Waals surface area (Å²) in [5, 5.41) is 8.58. The number of aliphatic hydroxyl groups is 1. The summed E-state index contributed by atoms with van der Waals surface area (Å²) in [7, 11) is 0. The van der Waals surface area contributed by atoms with Crippen molar-refractivity contribution >= 4 is 0 Å². The molecule has 1 unspecified atom stereocenters. The van der Waals surface area contributed by atoms with Crippen LogP contribution in [-0.4, -0.2) is 17.9 Å².